The molecule has 0 bridgehead atoms. The van der Waals surface area contributed by atoms with Crippen LogP contribution in [0.3, 0.4) is 0 Å². The first kappa shape index (κ1) is 19.0. The van der Waals surface area contributed by atoms with Crippen molar-refractivity contribution < 1.29 is 30.0 Å². The molecule has 1 aliphatic carbocycles. The molecule has 0 spiro atoms. The Balaban J connectivity index is 1.99. The molecule has 1 aliphatic rings. The van der Waals surface area contributed by atoms with Crippen LogP contribution in [-0.4, -0.2) is 38.9 Å². The van der Waals surface area contributed by atoms with Crippen molar-refractivity contribution in [3.8, 4) is 23.0 Å². The van der Waals surface area contributed by atoms with E-state index in [1.807, 2.05) is 0 Å². The van der Waals surface area contributed by atoms with E-state index >= 15 is 0 Å². The van der Waals surface area contributed by atoms with Gasteiger partial charge in [0, 0.05) is 18.1 Å². The summed E-state index contributed by atoms with van der Waals surface area (Å²) in [7, 11) is 1.43. The Bertz CT molecular complexity index is 881. The first-order valence-electron chi connectivity index (χ1n) is 8.79. The van der Waals surface area contributed by atoms with Crippen LogP contribution in [0.4, 0.5) is 0 Å². The highest BCUT2D eigenvalue weighted by Crippen LogP contribution is 2.50. The van der Waals surface area contributed by atoms with Gasteiger partial charge in [0.05, 0.1) is 18.3 Å². The van der Waals surface area contributed by atoms with Crippen molar-refractivity contribution in [1.82, 2.24) is 0 Å². The molecular formula is C21H24O6. The molecule has 0 saturated heterocycles. The minimum Gasteiger partial charge on any atom is -0.508 e. The van der Waals surface area contributed by atoms with Gasteiger partial charge >= 0.3 is 0 Å². The molecule has 27 heavy (non-hydrogen) atoms. The summed E-state index contributed by atoms with van der Waals surface area (Å²) in [5.74, 6) is -0.929. The van der Waals surface area contributed by atoms with Crippen LogP contribution in [0.15, 0.2) is 30.3 Å². The lowest BCUT2D eigenvalue weighted by Crippen LogP contribution is -2.34. The van der Waals surface area contributed by atoms with E-state index in [1.54, 1.807) is 19.9 Å². The van der Waals surface area contributed by atoms with Gasteiger partial charge in [-0.05, 0) is 55.9 Å². The lowest BCUT2D eigenvalue weighted by atomic mass is 9.78. The van der Waals surface area contributed by atoms with Gasteiger partial charge in [-0.15, -0.1) is 0 Å². The van der Waals surface area contributed by atoms with Gasteiger partial charge in [-0.3, -0.25) is 4.79 Å². The van der Waals surface area contributed by atoms with Gasteiger partial charge < -0.3 is 25.2 Å². The number of hydrogen-bond acceptors (Lipinski definition) is 6. The molecule has 0 aromatic heterocycles. The highest BCUT2D eigenvalue weighted by atomic mass is 16.5. The summed E-state index contributed by atoms with van der Waals surface area (Å²) in [6, 6.07) is 7.42. The number of Topliss-reactive ketones (excluding diaryl/α,β-unsaturated/α-hetero) is 1. The first-order chi connectivity index (χ1) is 12.6. The fraction of sp³-hybridized carbons (Fsp3) is 0.381. The number of carbonyl (C=O) groups is 1. The molecule has 0 heterocycles. The Hall–Kier alpha value is -2.73. The van der Waals surface area contributed by atoms with Crippen LogP contribution < -0.4 is 4.74 Å². The fourth-order valence-corrected chi connectivity index (χ4v) is 3.99. The third-order valence-corrected chi connectivity index (χ3v) is 5.41. The molecule has 6 heteroatoms. The molecule has 144 valence electrons. The Kier molecular flexibility index (Phi) is 4.78. The number of phenols is 3. The topological polar surface area (TPSA) is 107 Å². The molecular weight excluding hydrogens is 348 g/mol. The zero-order valence-corrected chi connectivity index (χ0v) is 15.6. The maximum atomic E-state index is 13.0. The van der Waals surface area contributed by atoms with Gasteiger partial charge in [0.25, 0.3) is 0 Å². The molecule has 4 N–H and O–H groups in total. The standard InChI is InChI=1S/C21H24O6/c1-21(2,26)16-9-15-12(6-7-17(23)20(15)25)14(16)10-18(24)13-5-4-11(22)8-19(13)27-3/h4-8,14,16,22-23,25-26H,9-10H2,1-3H3/t14-,16-/m1/s1. The quantitative estimate of drug-likeness (QED) is 0.475. The third kappa shape index (κ3) is 3.45. The van der Waals surface area contributed by atoms with E-state index < -0.39 is 5.60 Å². The molecule has 2 aromatic rings. The summed E-state index contributed by atoms with van der Waals surface area (Å²) in [5.41, 5.74) is 0.591. The largest absolute Gasteiger partial charge is 0.508 e. The van der Waals surface area contributed by atoms with Gasteiger partial charge in [-0.2, -0.15) is 0 Å². The minimum atomic E-state index is -1.08. The molecule has 0 aliphatic heterocycles. The van der Waals surface area contributed by atoms with Crippen LogP contribution in [0.5, 0.6) is 23.0 Å². The molecule has 2 atom stereocenters. The van der Waals surface area contributed by atoms with Crippen LogP contribution >= 0.6 is 0 Å². The highest BCUT2D eigenvalue weighted by Gasteiger charge is 2.43. The van der Waals surface area contributed by atoms with Crippen LogP contribution in [0, 0.1) is 5.92 Å². The zero-order chi connectivity index (χ0) is 19.9. The number of fused-ring (bicyclic) bond motifs is 1. The van der Waals surface area contributed by atoms with Gasteiger partial charge in [0.15, 0.2) is 17.3 Å². The van der Waals surface area contributed by atoms with E-state index in [-0.39, 0.29) is 47.0 Å². The van der Waals surface area contributed by atoms with Gasteiger partial charge in [0.2, 0.25) is 0 Å². The number of phenolic OH excluding ortho intramolecular Hbond substituents is 3. The number of aromatic hydroxyl groups is 3. The van der Waals surface area contributed by atoms with Crippen LogP contribution in [0.1, 0.15) is 47.7 Å². The average Bonchev–Trinajstić information content (AvgIpc) is 2.97. The number of benzene rings is 2. The summed E-state index contributed by atoms with van der Waals surface area (Å²) < 4.78 is 5.21. The van der Waals surface area contributed by atoms with Crippen molar-refractivity contribution in [2.45, 2.75) is 38.2 Å². The number of carbonyl (C=O) groups excluding carboxylic acids is 1. The summed E-state index contributed by atoms with van der Waals surface area (Å²) in [5, 5.41) is 40.2. The third-order valence-electron chi connectivity index (χ3n) is 5.41. The predicted molar refractivity (Wildman–Crippen MR) is 99.6 cm³/mol. The van der Waals surface area contributed by atoms with E-state index in [0.29, 0.717) is 17.5 Å². The van der Waals surface area contributed by atoms with Crippen molar-refractivity contribution >= 4 is 5.78 Å². The minimum absolute atomic E-state index is 0.00405. The Morgan fingerprint density at radius 2 is 1.89 bits per heavy atom. The lowest BCUT2D eigenvalue weighted by Gasteiger charge is -2.31. The van der Waals surface area contributed by atoms with Crippen LogP contribution in [-0.2, 0) is 6.42 Å². The van der Waals surface area contributed by atoms with E-state index in [4.69, 9.17) is 4.74 Å². The zero-order valence-electron chi connectivity index (χ0n) is 15.6. The van der Waals surface area contributed by atoms with Crippen LogP contribution in [0.2, 0.25) is 0 Å². The number of hydrogen-bond donors (Lipinski definition) is 4. The number of methoxy groups -OCH3 is 1. The number of ketones is 1. The van der Waals surface area contributed by atoms with Crippen molar-refractivity contribution in [3.63, 3.8) is 0 Å². The second-order valence-corrected chi connectivity index (χ2v) is 7.58. The molecule has 0 unspecified atom stereocenters. The van der Waals surface area contributed by atoms with E-state index in [0.717, 1.165) is 5.56 Å². The maximum absolute atomic E-state index is 13.0. The van der Waals surface area contributed by atoms with Crippen molar-refractivity contribution in [2.24, 2.45) is 5.92 Å². The van der Waals surface area contributed by atoms with Crippen molar-refractivity contribution in [3.05, 3.63) is 47.0 Å². The first-order valence-corrected chi connectivity index (χ1v) is 8.79. The normalized spacial score (nSPS) is 19.0. The Morgan fingerprint density at radius 3 is 2.52 bits per heavy atom. The van der Waals surface area contributed by atoms with Crippen molar-refractivity contribution in [2.75, 3.05) is 7.11 Å². The summed E-state index contributed by atoms with van der Waals surface area (Å²) in [6.07, 6.45) is 0.469. The van der Waals surface area contributed by atoms with Gasteiger partial charge in [-0.1, -0.05) is 6.07 Å². The molecule has 2 aromatic carbocycles. The fourth-order valence-electron chi connectivity index (χ4n) is 3.99. The monoisotopic (exact) mass is 372 g/mol. The molecule has 6 nitrogen and oxygen atoms in total. The predicted octanol–water partition coefficient (Wildman–Crippen LogP) is 3.11. The van der Waals surface area contributed by atoms with Gasteiger partial charge in [0.1, 0.15) is 11.5 Å². The molecule has 0 saturated carbocycles. The maximum Gasteiger partial charge on any atom is 0.167 e. The molecule has 0 amide bonds. The van der Waals surface area contributed by atoms with Crippen LogP contribution in [0.25, 0.3) is 0 Å². The molecule has 0 radical (unpaired) electrons. The average molecular weight is 372 g/mol. The summed E-state index contributed by atoms with van der Waals surface area (Å²) >= 11 is 0. The van der Waals surface area contributed by atoms with E-state index in [2.05, 4.69) is 0 Å². The van der Waals surface area contributed by atoms with E-state index in [9.17, 15) is 25.2 Å². The number of ether oxygens (including phenoxy) is 1. The summed E-state index contributed by atoms with van der Waals surface area (Å²) in [4.78, 5) is 13.0. The van der Waals surface area contributed by atoms with Crippen molar-refractivity contribution in [1.29, 1.82) is 0 Å². The number of aliphatic hydroxyl groups is 1. The second-order valence-electron chi connectivity index (χ2n) is 7.58. The van der Waals surface area contributed by atoms with E-state index in [1.165, 1.54) is 31.4 Å². The smallest absolute Gasteiger partial charge is 0.167 e. The Morgan fingerprint density at radius 1 is 1.19 bits per heavy atom. The lowest BCUT2D eigenvalue weighted by molar-refractivity contribution is 0.00913. The second kappa shape index (κ2) is 6.78. The highest BCUT2D eigenvalue weighted by molar-refractivity contribution is 5.99. The Labute approximate surface area is 157 Å². The SMILES string of the molecule is COc1cc(O)ccc1C(=O)C[C@@H]1c2ccc(O)c(O)c2C[C@H]1C(C)(C)O. The number of rotatable bonds is 5. The van der Waals surface area contributed by atoms with Gasteiger partial charge in [-0.25, -0.2) is 0 Å². The molecule has 0 fully saturated rings. The molecule has 3 rings (SSSR count). The summed E-state index contributed by atoms with van der Waals surface area (Å²) in [6.45, 7) is 3.36.